The Labute approximate surface area is 79.4 Å². The van der Waals surface area contributed by atoms with Gasteiger partial charge in [0, 0.05) is 18.0 Å². The first-order valence-corrected chi connectivity index (χ1v) is 5.17. The quantitative estimate of drug-likeness (QED) is 0.735. The monoisotopic (exact) mass is 177 g/mol. The molecule has 1 aliphatic rings. The molecule has 1 aromatic heterocycles. The number of rotatable bonds is 3. The van der Waals surface area contributed by atoms with Crippen LogP contribution in [0.5, 0.6) is 0 Å². The summed E-state index contributed by atoms with van der Waals surface area (Å²) in [7, 11) is 0. The highest BCUT2D eigenvalue weighted by atomic mass is 14.9. The van der Waals surface area contributed by atoms with Crippen LogP contribution in [0, 0.1) is 0 Å². The molecule has 0 spiro atoms. The molecule has 0 unspecified atom stereocenters. The lowest BCUT2D eigenvalue weighted by molar-refractivity contribution is -0.703. The Bertz CT molecular complexity index is 240. The van der Waals surface area contributed by atoms with Crippen molar-refractivity contribution in [3.63, 3.8) is 0 Å². The summed E-state index contributed by atoms with van der Waals surface area (Å²) in [5.74, 6) is 0. The van der Waals surface area contributed by atoms with Crippen molar-refractivity contribution in [2.24, 2.45) is 0 Å². The van der Waals surface area contributed by atoms with Gasteiger partial charge in [-0.25, -0.2) is 0 Å². The Morgan fingerprint density at radius 2 is 1.92 bits per heavy atom. The Morgan fingerprint density at radius 1 is 1.23 bits per heavy atom. The molecule has 0 radical (unpaired) electrons. The molecule has 0 aliphatic heterocycles. The van der Waals surface area contributed by atoms with Gasteiger partial charge in [-0.1, -0.05) is 0 Å². The van der Waals surface area contributed by atoms with Crippen molar-refractivity contribution in [1.29, 1.82) is 0 Å². The molecule has 0 aromatic carbocycles. The summed E-state index contributed by atoms with van der Waals surface area (Å²) in [5.41, 5.74) is 1.39. The number of hydrogen-bond donors (Lipinski definition) is 1. The van der Waals surface area contributed by atoms with Gasteiger partial charge in [0.1, 0.15) is 6.54 Å². The molecule has 1 heterocycles. The van der Waals surface area contributed by atoms with E-state index in [-0.39, 0.29) is 0 Å². The van der Waals surface area contributed by atoms with E-state index in [2.05, 4.69) is 22.4 Å². The van der Waals surface area contributed by atoms with E-state index in [0.29, 0.717) is 0 Å². The topological polar surface area (TPSA) is 29.5 Å². The van der Waals surface area contributed by atoms with Crippen LogP contribution in [0.25, 0.3) is 0 Å². The molecular weight excluding hydrogens is 160 g/mol. The van der Waals surface area contributed by atoms with Crippen molar-refractivity contribution in [3.8, 4) is 0 Å². The molecule has 1 saturated carbocycles. The van der Waals surface area contributed by atoms with Gasteiger partial charge in [0.15, 0.2) is 0 Å². The van der Waals surface area contributed by atoms with Gasteiger partial charge >= 0.3 is 0 Å². The lowest BCUT2D eigenvalue weighted by Gasteiger charge is -2.07. The predicted octanol–water partition coefficient (Wildman–Crippen LogP) is 1.09. The molecule has 1 fully saturated rings. The molecule has 13 heavy (non-hydrogen) atoms. The van der Waals surface area contributed by atoms with Crippen molar-refractivity contribution in [3.05, 3.63) is 30.1 Å². The summed E-state index contributed by atoms with van der Waals surface area (Å²) in [6, 6.07) is 5.09. The van der Waals surface area contributed by atoms with Gasteiger partial charge in [-0.3, -0.25) is 4.98 Å². The minimum atomic E-state index is 0.883. The van der Waals surface area contributed by atoms with Gasteiger partial charge in [-0.15, -0.1) is 0 Å². The number of nitrogens with two attached hydrogens (primary N) is 1. The summed E-state index contributed by atoms with van der Waals surface area (Å²) >= 11 is 0. The second kappa shape index (κ2) is 4.38. The van der Waals surface area contributed by atoms with Gasteiger partial charge in [0.25, 0.3) is 0 Å². The molecule has 70 valence electrons. The zero-order valence-corrected chi connectivity index (χ0v) is 7.95. The molecule has 2 nitrogen and oxygen atoms in total. The highest BCUT2D eigenvalue weighted by molar-refractivity contribution is 5.07. The van der Waals surface area contributed by atoms with E-state index in [1.165, 1.54) is 31.2 Å². The van der Waals surface area contributed by atoms with Crippen molar-refractivity contribution in [2.75, 3.05) is 0 Å². The van der Waals surface area contributed by atoms with Crippen molar-refractivity contribution in [1.82, 2.24) is 4.98 Å². The smallest absolute Gasteiger partial charge is 0.102 e. The third kappa shape index (κ3) is 2.52. The van der Waals surface area contributed by atoms with Gasteiger partial charge in [-0.2, -0.15) is 0 Å². The fraction of sp³-hybridized carbons (Fsp3) is 0.545. The van der Waals surface area contributed by atoms with E-state index in [0.717, 1.165) is 12.6 Å². The summed E-state index contributed by atoms with van der Waals surface area (Å²) in [6.45, 7) is 1.12. The summed E-state index contributed by atoms with van der Waals surface area (Å²) in [6.07, 6.45) is 9.42. The predicted molar refractivity (Wildman–Crippen MR) is 52.1 cm³/mol. The van der Waals surface area contributed by atoms with Crippen LogP contribution in [-0.2, 0) is 6.54 Å². The van der Waals surface area contributed by atoms with Crippen molar-refractivity contribution < 1.29 is 5.32 Å². The highest BCUT2D eigenvalue weighted by Gasteiger charge is 2.16. The van der Waals surface area contributed by atoms with Crippen LogP contribution in [-0.4, -0.2) is 11.0 Å². The van der Waals surface area contributed by atoms with Crippen LogP contribution in [0.3, 0.4) is 0 Å². The van der Waals surface area contributed by atoms with Crippen LogP contribution < -0.4 is 5.32 Å². The maximum atomic E-state index is 4.01. The zero-order valence-electron chi connectivity index (χ0n) is 7.95. The maximum Gasteiger partial charge on any atom is 0.102 e. The third-order valence-electron chi connectivity index (χ3n) is 2.84. The highest BCUT2D eigenvalue weighted by Crippen LogP contribution is 2.14. The molecule has 0 amide bonds. The number of nitrogens with zero attached hydrogens (tertiary/aromatic N) is 1. The van der Waals surface area contributed by atoms with Crippen LogP contribution in [0.15, 0.2) is 24.5 Å². The minimum absolute atomic E-state index is 0.883. The molecule has 0 bridgehead atoms. The Balaban J connectivity index is 1.79. The minimum Gasteiger partial charge on any atom is -0.340 e. The Hall–Kier alpha value is -0.890. The SMILES string of the molecule is c1cc(C[NH2+]C2CCCC2)ccn1. The van der Waals surface area contributed by atoms with E-state index < -0.39 is 0 Å². The Morgan fingerprint density at radius 3 is 2.62 bits per heavy atom. The maximum absolute atomic E-state index is 4.01. The third-order valence-corrected chi connectivity index (χ3v) is 2.84. The standard InChI is InChI=1S/C11H16N2/c1-2-4-11(3-1)13-9-10-5-7-12-8-6-10/h5-8,11,13H,1-4,9H2/p+1. The first-order chi connectivity index (χ1) is 6.45. The van der Waals surface area contributed by atoms with Crippen LogP contribution >= 0.6 is 0 Å². The molecule has 2 N–H and O–H groups in total. The summed E-state index contributed by atoms with van der Waals surface area (Å²) in [5, 5.41) is 2.47. The fourth-order valence-electron chi connectivity index (χ4n) is 2.01. The average molecular weight is 177 g/mol. The average Bonchev–Trinajstić information content (AvgIpc) is 2.69. The first kappa shape index (κ1) is 8.70. The lowest BCUT2D eigenvalue weighted by atomic mass is 10.2. The number of aromatic nitrogens is 1. The van der Waals surface area contributed by atoms with Gasteiger partial charge < -0.3 is 5.32 Å². The lowest BCUT2D eigenvalue weighted by Crippen LogP contribution is -2.87. The van der Waals surface area contributed by atoms with Crippen LogP contribution in [0.1, 0.15) is 31.2 Å². The van der Waals surface area contributed by atoms with Crippen LogP contribution in [0.2, 0.25) is 0 Å². The number of hydrogen-bond acceptors (Lipinski definition) is 1. The van der Waals surface area contributed by atoms with E-state index in [1.807, 2.05) is 12.4 Å². The van der Waals surface area contributed by atoms with Gasteiger partial charge in [0.05, 0.1) is 6.04 Å². The molecule has 2 heteroatoms. The van der Waals surface area contributed by atoms with Crippen molar-refractivity contribution >= 4 is 0 Å². The summed E-state index contributed by atoms with van der Waals surface area (Å²) < 4.78 is 0. The second-order valence-electron chi connectivity index (χ2n) is 3.84. The first-order valence-electron chi connectivity index (χ1n) is 5.17. The summed E-state index contributed by atoms with van der Waals surface area (Å²) in [4.78, 5) is 4.01. The van der Waals surface area contributed by atoms with Crippen LogP contribution in [0.4, 0.5) is 0 Å². The molecule has 0 saturated heterocycles. The molecule has 2 rings (SSSR count). The van der Waals surface area contributed by atoms with E-state index in [9.17, 15) is 0 Å². The van der Waals surface area contributed by atoms with E-state index in [4.69, 9.17) is 0 Å². The van der Waals surface area contributed by atoms with Crippen molar-refractivity contribution in [2.45, 2.75) is 38.3 Å². The zero-order chi connectivity index (χ0) is 8.93. The van der Waals surface area contributed by atoms with Gasteiger partial charge in [-0.05, 0) is 37.8 Å². The number of quaternary nitrogens is 1. The van der Waals surface area contributed by atoms with Gasteiger partial charge in [0.2, 0.25) is 0 Å². The van der Waals surface area contributed by atoms with E-state index >= 15 is 0 Å². The fourth-order valence-corrected chi connectivity index (χ4v) is 2.01. The molecule has 1 aliphatic carbocycles. The number of pyridine rings is 1. The largest absolute Gasteiger partial charge is 0.340 e. The Kier molecular flexibility index (Phi) is 2.93. The molecule has 1 aromatic rings. The molecular formula is C11H17N2+. The second-order valence-corrected chi connectivity index (χ2v) is 3.84. The van der Waals surface area contributed by atoms with E-state index in [1.54, 1.807) is 0 Å². The normalized spacial score (nSPS) is 17.8. The molecule has 0 atom stereocenters.